The van der Waals surface area contributed by atoms with E-state index in [4.69, 9.17) is 0 Å². The summed E-state index contributed by atoms with van der Waals surface area (Å²) in [6, 6.07) is 6.63. The molecule has 0 spiro atoms. The molecule has 0 radical (unpaired) electrons. The maximum absolute atomic E-state index is 14.0. The standard InChI is InChI=1S/C15H14FN7O2/c1-3-22-14(24)7-6-12(19-22)15(25)17-13-8-10(4-5-11(13)16)23-9(2)18-20-21-23/h4-8H,3H2,1-2H3,(H,17,25). The van der Waals surface area contributed by atoms with Crippen LogP contribution in [-0.4, -0.2) is 35.9 Å². The molecule has 25 heavy (non-hydrogen) atoms. The average molecular weight is 343 g/mol. The fourth-order valence-electron chi connectivity index (χ4n) is 2.19. The highest BCUT2D eigenvalue weighted by Crippen LogP contribution is 2.19. The number of amides is 1. The van der Waals surface area contributed by atoms with Gasteiger partial charge in [0.2, 0.25) is 0 Å². The molecule has 10 heteroatoms. The van der Waals surface area contributed by atoms with Gasteiger partial charge < -0.3 is 5.32 Å². The van der Waals surface area contributed by atoms with Crippen molar-refractivity contribution in [2.45, 2.75) is 20.4 Å². The van der Waals surface area contributed by atoms with E-state index in [0.717, 1.165) is 4.68 Å². The third kappa shape index (κ3) is 3.27. The molecule has 128 valence electrons. The Morgan fingerprint density at radius 3 is 2.76 bits per heavy atom. The van der Waals surface area contributed by atoms with Gasteiger partial charge in [-0.1, -0.05) is 0 Å². The number of hydrogen-bond donors (Lipinski definition) is 1. The Bertz CT molecular complexity index is 996. The van der Waals surface area contributed by atoms with Crippen LogP contribution in [0, 0.1) is 12.7 Å². The number of anilines is 1. The summed E-state index contributed by atoms with van der Waals surface area (Å²) in [5, 5.41) is 17.5. The highest BCUT2D eigenvalue weighted by atomic mass is 19.1. The van der Waals surface area contributed by atoms with Crippen LogP contribution in [0.25, 0.3) is 5.69 Å². The van der Waals surface area contributed by atoms with Crippen molar-refractivity contribution in [1.82, 2.24) is 30.0 Å². The van der Waals surface area contributed by atoms with Gasteiger partial charge in [-0.05, 0) is 48.5 Å². The van der Waals surface area contributed by atoms with Crippen molar-refractivity contribution in [3.05, 3.63) is 58.0 Å². The fourth-order valence-corrected chi connectivity index (χ4v) is 2.19. The topological polar surface area (TPSA) is 108 Å². The van der Waals surface area contributed by atoms with E-state index >= 15 is 0 Å². The summed E-state index contributed by atoms with van der Waals surface area (Å²) in [4.78, 5) is 23.8. The molecule has 3 aromatic rings. The van der Waals surface area contributed by atoms with Gasteiger partial charge in [0.05, 0.1) is 11.4 Å². The molecule has 0 saturated heterocycles. The number of aromatic nitrogens is 6. The van der Waals surface area contributed by atoms with Gasteiger partial charge in [-0.25, -0.2) is 9.07 Å². The highest BCUT2D eigenvalue weighted by Gasteiger charge is 2.14. The number of nitrogens with zero attached hydrogens (tertiary/aromatic N) is 6. The van der Waals surface area contributed by atoms with Gasteiger partial charge in [0, 0.05) is 12.6 Å². The van der Waals surface area contributed by atoms with E-state index in [1.165, 1.54) is 35.0 Å². The molecule has 0 fully saturated rings. The summed E-state index contributed by atoms with van der Waals surface area (Å²) in [5.41, 5.74) is 0.130. The first-order valence-electron chi connectivity index (χ1n) is 7.44. The molecule has 1 aromatic carbocycles. The zero-order valence-electron chi connectivity index (χ0n) is 13.5. The van der Waals surface area contributed by atoms with Crippen LogP contribution in [0.15, 0.2) is 35.1 Å². The van der Waals surface area contributed by atoms with Crippen molar-refractivity contribution in [2.75, 3.05) is 5.32 Å². The molecule has 0 bridgehead atoms. The number of hydrogen-bond acceptors (Lipinski definition) is 6. The summed E-state index contributed by atoms with van der Waals surface area (Å²) in [6.07, 6.45) is 0. The number of tetrazole rings is 1. The van der Waals surface area contributed by atoms with Crippen LogP contribution >= 0.6 is 0 Å². The van der Waals surface area contributed by atoms with Gasteiger partial charge >= 0.3 is 0 Å². The minimum absolute atomic E-state index is 0.00450. The fraction of sp³-hybridized carbons (Fsp3) is 0.200. The zero-order valence-corrected chi connectivity index (χ0v) is 13.5. The maximum Gasteiger partial charge on any atom is 0.276 e. The van der Waals surface area contributed by atoms with Gasteiger partial charge in [0.25, 0.3) is 11.5 Å². The van der Waals surface area contributed by atoms with E-state index in [2.05, 4.69) is 25.9 Å². The second kappa shape index (κ2) is 6.59. The van der Waals surface area contributed by atoms with Crippen LogP contribution in [0.2, 0.25) is 0 Å². The molecular weight excluding hydrogens is 329 g/mol. The number of benzene rings is 1. The molecule has 2 aromatic heterocycles. The van der Waals surface area contributed by atoms with Crippen molar-refractivity contribution in [1.29, 1.82) is 0 Å². The molecule has 0 atom stereocenters. The molecule has 0 unspecified atom stereocenters. The van der Waals surface area contributed by atoms with E-state index in [-0.39, 0.29) is 16.9 Å². The second-order valence-electron chi connectivity index (χ2n) is 5.13. The number of aryl methyl sites for hydroxylation is 2. The molecule has 2 heterocycles. The van der Waals surface area contributed by atoms with E-state index in [0.29, 0.717) is 18.1 Å². The van der Waals surface area contributed by atoms with Crippen molar-refractivity contribution in [3.63, 3.8) is 0 Å². The Kier molecular flexibility index (Phi) is 4.33. The molecule has 3 rings (SSSR count). The van der Waals surface area contributed by atoms with E-state index in [9.17, 15) is 14.0 Å². The van der Waals surface area contributed by atoms with Crippen LogP contribution in [0.3, 0.4) is 0 Å². The maximum atomic E-state index is 14.0. The van der Waals surface area contributed by atoms with Crippen LogP contribution in [-0.2, 0) is 6.54 Å². The van der Waals surface area contributed by atoms with Gasteiger partial charge in [-0.3, -0.25) is 9.59 Å². The smallest absolute Gasteiger partial charge is 0.276 e. The van der Waals surface area contributed by atoms with Crippen LogP contribution in [0.5, 0.6) is 0 Å². The first-order chi connectivity index (χ1) is 12.0. The van der Waals surface area contributed by atoms with E-state index in [1.54, 1.807) is 13.8 Å². The number of carbonyl (C=O) groups excluding carboxylic acids is 1. The van der Waals surface area contributed by atoms with Crippen LogP contribution in [0.4, 0.5) is 10.1 Å². The Labute approximate surface area is 141 Å². The molecule has 1 amide bonds. The molecule has 0 aliphatic heterocycles. The largest absolute Gasteiger partial charge is 0.318 e. The predicted molar refractivity (Wildman–Crippen MR) is 86.0 cm³/mol. The molecule has 0 aliphatic carbocycles. The highest BCUT2D eigenvalue weighted by molar-refractivity contribution is 6.02. The summed E-state index contributed by atoms with van der Waals surface area (Å²) in [7, 11) is 0. The Hall–Kier alpha value is -3.43. The van der Waals surface area contributed by atoms with Crippen molar-refractivity contribution < 1.29 is 9.18 Å². The SMILES string of the molecule is CCn1nc(C(=O)Nc2cc(-n3nnnc3C)ccc2F)ccc1=O. The van der Waals surface area contributed by atoms with Crippen molar-refractivity contribution in [3.8, 4) is 5.69 Å². The lowest BCUT2D eigenvalue weighted by Crippen LogP contribution is -2.25. The first kappa shape index (κ1) is 16.4. The van der Waals surface area contributed by atoms with Gasteiger partial charge in [0.15, 0.2) is 5.82 Å². The number of rotatable bonds is 4. The van der Waals surface area contributed by atoms with E-state index < -0.39 is 11.7 Å². The first-order valence-corrected chi connectivity index (χ1v) is 7.44. The summed E-state index contributed by atoms with van der Waals surface area (Å²) < 4.78 is 16.6. The Morgan fingerprint density at radius 2 is 2.08 bits per heavy atom. The summed E-state index contributed by atoms with van der Waals surface area (Å²) >= 11 is 0. The van der Waals surface area contributed by atoms with E-state index in [1.807, 2.05) is 0 Å². The lowest BCUT2D eigenvalue weighted by atomic mass is 10.2. The third-order valence-corrected chi connectivity index (χ3v) is 3.47. The monoisotopic (exact) mass is 343 g/mol. The lowest BCUT2D eigenvalue weighted by Gasteiger charge is -2.09. The molecule has 0 saturated carbocycles. The van der Waals surface area contributed by atoms with Gasteiger partial charge in [0.1, 0.15) is 11.5 Å². The minimum Gasteiger partial charge on any atom is -0.318 e. The molecule has 0 aliphatic rings. The average Bonchev–Trinajstić information content (AvgIpc) is 3.03. The number of halogens is 1. The van der Waals surface area contributed by atoms with Crippen LogP contribution in [0.1, 0.15) is 23.2 Å². The molecule has 1 N–H and O–H groups in total. The Morgan fingerprint density at radius 1 is 1.28 bits per heavy atom. The van der Waals surface area contributed by atoms with Crippen LogP contribution < -0.4 is 10.9 Å². The zero-order chi connectivity index (χ0) is 18.0. The lowest BCUT2D eigenvalue weighted by molar-refractivity contribution is 0.101. The number of carbonyl (C=O) groups is 1. The molecular formula is C15H14FN7O2. The number of nitrogens with one attached hydrogen (secondary N) is 1. The normalized spacial score (nSPS) is 10.7. The predicted octanol–water partition coefficient (Wildman–Crippen LogP) is 0.939. The summed E-state index contributed by atoms with van der Waals surface area (Å²) in [6.45, 7) is 3.75. The second-order valence-corrected chi connectivity index (χ2v) is 5.13. The van der Waals surface area contributed by atoms with Gasteiger partial charge in [-0.2, -0.15) is 9.78 Å². The minimum atomic E-state index is -0.633. The third-order valence-electron chi connectivity index (χ3n) is 3.47. The quantitative estimate of drug-likeness (QED) is 0.755. The molecule has 9 nitrogen and oxygen atoms in total. The van der Waals surface area contributed by atoms with Crippen molar-refractivity contribution >= 4 is 11.6 Å². The van der Waals surface area contributed by atoms with Gasteiger partial charge in [-0.15, -0.1) is 5.10 Å². The summed E-state index contributed by atoms with van der Waals surface area (Å²) in [5.74, 6) is -0.737. The van der Waals surface area contributed by atoms with Crippen molar-refractivity contribution in [2.24, 2.45) is 0 Å². The Balaban J connectivity index is 1.91.